The second-order valence-corrected chi connectivity index (χ2v) is 3.90. The van der Waals surface area contributed by atoms with Crippen LogP contribution in [-0.4, -0.2) is 28.9 Å². The van der Waals surface area contributed by atoms with Crippen LogP contribution in [0.4, 0.5) is 0 Å². The van der Waals surface area contributed by atoms with Gasteiger partial charge in [0.1, 0.15) is 0 Å². The molecule has 1 saturated carbocycles. The molecule has 1 aromatic heterocycles. The molecule has 4 heteroatoms. The minimum absolute atomic E-state index is 0.114. The molecule has 2 rings (SSSR count). The summed E-state index contributed by atoms with van der Waals surface area (Å²) in [6, 6.07) is 1.83. The SMILES string of the molecule is COC(=O)c1ccn([C@@H]2CCC[C@H]2O)c1. The Balaban J connectivity index is 2.16. The van der Waals surface area contributed by atoms with Crippen molar-refractivity contribution >= 4 is 5.97 Å². The van der Waals surface area contributed by atoms with E-state index in [0.717, 1.165) is 19.3 Å². The summed E-state index contributed by atoms with van der Waals surface area (Å²) >= 11 is 0. The van der Waals surface area contributed by atoms with E-state index < -0.39 is 0 Å². The predicted molar refractivity (Wildman–Crippen MR) is 54.7 cm³/mol. The van der Waals surface area contributed by atoms with Crippen LogP contribution in [0.25, 0.3) is 0 Å². The molecule has 1 aromatic rings. The van der Waals surface area contributed by atoms with Gasteiger partial charge in [0.15, 0.2) is 0 Å². The first kappa shape index (κ1) is 10.2. The van der Waals surface area contributed by atoms with Crippen LogP contribution in [0.1, 0.15) is 35.7 Å². The van der Waals surface area contributed by atoms with Crippen molar-refractivity contribution in [2.75, 3.05) is 7.11 Å². The third-order valence-corrected chi connectivity index (χ3v) is 2.96. The number of hydrogen-bond donors (Lipinski definition) is 1. The van der Waals surface area contributed by atoms with E-state index in [9.17, 15) is 9.90 Å². The van der Waals surface area contributed by atoms with E-state index in [2.05, 4.69) is 4.74 Å². The van der Waals surface area contributed by atoms with Gasteiger partial charge in [-0.15, -0.1) is 0 Å². The molecule has 1 N–H and O–H groups in total. The van der Waals surface area contributed by atoms with E-state index in [4.69, 9.17) is 0 Å². The highest BCUT2D eigenvalue weighted by molar-refractivity contribution is 5.89. The van der Waals surface area contributed by atoms with Crippen LogP contribution >= 0.6 is 0 Å². The molecule has 1 aliphatic carbocycles. The van der Waals surface area contributed by atoms with Gasteiger partial charge in [-0.2, -0.15) is 0 Å². The summed E-state index contributed by atoms with van der Waals surface area (Å²) in [5, 5.41) is 9.71. The van der Waals surface area contributed by atoms with Crippen LogP contribution in [0.3, 0.4) is 0 Å². The van der Waals surface area contributed by atoms with E-state index in [-0.39, 0.29) is 18.1 Å². The summed E-state index contributed by atoms with van der Waals surface area (Å²) in [4.78, 5) is 11.2. The maximum Gasteiger partial charge on any atom is 0.339 e. The number of carbonyl (C=O) groups is 1. The van der Waals surface area contributed by atoms with E-state index in [1.165, 1.54) is 7.11 Å². The molecule has 4 nitrogen and oxygen atoms in total. The zero-order chi connectivity index (χ0) is 10.8. The zero-order valence-corrected chi connectivity index (χ0v) is 8.72. The Morgan fingerprint density at radius 3 is 3.00 bits per heavy atom. The molecule has 0 aromatic carbocycles. The van der Waals surface area contributed by atoms with Gasteiger partial charge in [0.05, 0.1) is 24.8 Å². The summed E-state index contributed by atoms with van der Waals surface area (Å²) in [7, 11) is 1.37. The van der Waals surface area contributed by atoms with E-state index in [1.807, 2.05) is 10.8 Å². The number of aliphatic hydroxyl groups excluding tert-OH is 1. The number of carbonyl (C=O) groups excluding carboxylic acids is 1. The van der Waals surface area contributed by atoms with Crippen molar-refractivity contribution in [3.8, 4) is 0 Å². The molecule has 0 spiro atoms. The highest BCUT2D eigenvalue weighted by atomic mass is 16.5. The Morgan fingerprint density at radius 2 is 2.40 bits per heavy atom. The fourth-order valence-corrected chi connectivity index (χ4v) is 2.13. The maximum atomic E-state index is 11.2. The van der Waals surface area contributed by atoms with Crippen molar-refractivity contribution in [2.45, 2.75) is 31.4 Å². The lowest BCUT2D eigenvalue weighted by Crippen LogP contribution is -2.16. The molecule has 0 radical (unpaired) electrons. The number of esters is 1. The monoisotopic (exact) mass is 209 g/mol. The molecule has 1 fully saturated rings. The summed E-state index contributed by atoms with van der Waals surface area (Å²) in [6.45, 7) is 0. The quantitative estimate of drug-likeness (QED) is 0.748. The lowest BCUT2D eigenvalue weighted by atomic mass is 10.2. The number of nitrogens with zero attached hydrogens (tertiary/aromatic N) is 1. The predicted octanol–water partition coefficient (Wildman–Crippen LogP) is 1.36. The van der Waals surface area contributed by atoms with Crippen LogP contribution in [0.15, 0.2) is 18.5 Å². The largest absolute Gasteiger partial charge is 0.465 e. The third kappa shape index (κ3) is 1.90. The van der Waals surface area contributed by atoms with E-state index in [1.54, 1.807) is 12.3 Å². The molecular formula is C11H15NO3. The molecule has 0 aliphatic heterocycles. The number of aliphatic hydroxyl groups is 1. The van der Waals surface area contributed by atoms with E-state index in [0.29, 0.717) is 5.56 Å². The molecule has 0 saturated heterocycles. The minimum Gasteiger partial charge on any atom is -0.465 e. The van der Waals surface area contributed by atoms with Crippen LogP contribution in [0.5, 0.6) is 0 Å². The number of hydrogen-bond acceptors (Lipinski definition) is 3. The molecule has 0 amide bonds. The lowest BCUT2D eigenvalue weighted by molar-refractivity contribution is 0.0600. The normalized spacial score (nSPS) is 25.5. The summed E-state index contributed by atoms with van der Waals surface area (Å²) < 4.78 is 6.53. The Hall–Kier alpha value is -1.29. The third-order valence-electron chi connectivity index (χ3n) is 2.96. The molecule has 82 valence electrons. The highest BCUT2D eigenvalue weighted by Crippen LogP contribution is 2.30. The lowest BCUT2D eigenvalue weighted by Gasteiger charge is -2.16. The molecule has 0 unspecified atom stereocenters. The Morgan fingerprint density at radius 1 is 1.60 bits per heavy atom. The average Bonchev–Trinajstić information content (AvgIpc) is 2.84. The van der Waals surface area contributed by atoms with Crippen LogP contribution in [0.2, 0.25) is 0 Å². The van der Waals surface area contributed by atoms with Gasteiger partial charge in [0.25, 0.3) is 0 Å². The van der Waals surface area contributed by atoms with Crippen LogP contribution in [-0.2, 0) is 4.74 Å². The summed E-state index contributed by atoms with van der Waals surface area (Å²) in [6.07, 6.45) is 6.13. The van der Waals surface area contributed by atoms with Gasteiger partial charge in [-0.05, 0) is 25.3 Å². The van der Waals surface area contributed by atoms with Crippen molar-refractivity contribution in [1.82, 2.24) is 4.57 Å². The number of methoxy groups -OCH3 is 1. The molecule has 0 bridgehead atoms. The van der Waals surface area contributed by atoms with Crippen molar-refractivity contribution in [3.05, 3.63) is 24.0 Å². The standard InChI is InChI=1S/C11H15NO3/c1-15-11(14)8-5-6-12(7-8)9-3-2-4-10(9)13/h5-7,9-10,13H,2-4H2,1H3/t9-,10-/m1/s1. The molecule has 2 atom stereocenters. The Kier molecular flexibility index (Phi) is 2.77. The fourth-order valence-electron chi connectivity index (χ4n) is 2.13. The summed E-state index contributed by atoms with van der Waals surface area (Å²) in [5.41, 5.74) is 0.539. The molecular weight excluding hydrogens is 194 g/mol. The second kappa shape index (κ2) is 4.06. The second-order valence-electron chi connectivity index (χ2n) is 3.90. The Labute approximate surface area is 88.5 Å². The first-order valence-corrected chi connectivity index (χ1v) is 5.16. The number of rotatable bonds is 2. The van der Waals surface area contributed by atoms with Gasteiger partial charge >= 0.3 is 5.97 Å². The van der Waals surface area contributed by atoms with Gasteiger partial charge in [0, 0.05) is 12.4 Å². The van der Waals surface area contributed by atoms with Gasteiger partial charge in [-0.1, -0.05) is 0 Å². The van der Waals surface area contributed by atoms with Gasteiger partial charge in [-0.3, -0.25) is 0 Å². The first-order valence-electron chi connectivity index (χ1n) is 5.16. The molecule has 1 aliphatic rings. The average molecular weight is 209 g/mol. The van der Waals surface area contributed by atoms with Gasteiger partial charge in [0.2, 0.25) is 0 Å². The van der Waals surface area contributed by atoms with Crippen molar-refractivity contribution < 1.29 is 14.6 Å². The van der Waals surface area contributed by atoms with Crippen molar-refractivity contribution in [1.29, 1.82) is 0 Å². The first-order chi connectivity index (χ1) is 7.22. The topological polar surface area (TPSA) is 51.5 Å². The van der Waals surface area contributed by atoms with E-state index >= 15 is 0 Å². The minimum atomic E-state index is -0.332. The van der Waals surface area contributed by atoms with Gasteiger partial charge in [-0.25, -0.2) is 4.79 Å². The van der Waals surface area contributed by atoms with Gasteiger partial charge < -0.3 is 14.4 Å². The van der Waals surface area contributed by atoms with Crippen molar-refractivity contribution in [3.63, 3.8) is 0 Å². The van der Waals surface area contributed by atoms with Crippen molar-refractivity contribution in [2.24, 2.45) is 0 Å². The number of ether oxygens (including phenoxy) is 1. The van der Waals surface area contributed by atoms with Crippen LogP contribution < -0.4 is 0 Å². The number of aromatic nitrogens is 1. The highest BCUT2D eigenvalue weighted by Gasteiger charge is 2.26. The molecule has 15 heavy (non-hydrogen) atoms. The maximum absolute atomic E-state index is 11.2. The zero-order valence-electron chi connectivity index (χ0n) is 8.72. The van der Waals surface area contributed by atoms with Crippen LogP contribution in [0, 0.1) is 0 Å². The fraction of sp³-hybridized carbons (Fsp3) is 0.545. The Bertz CT molecular complexity index is 358. The molecule has 1 heterocycles. The smallest absolute Gasteiger partial charge is 0.339 e. The summed E-state index contributed by atoms with van der Waals surface area (Å²) in [5.74, 6) is -0.332.